The van der Waals surface area contributed by atoms with Crippen LogP contribution in [0, 0.1) is 12.7 Å². The quantitative estimate of drug-likeness (QED) is 0.900. The third-order valence-electron chi connectivity index (χ3n) is 3.10. The maximum Gasteiger partial charge on any atom is 0.315 e. The van der Waals surface area contributed by atoms with Gasteiger partial charge in [-0.25, -0.2) is 9.18 Å². The molecule has 1 aromatic heterocycles. The molecule has 1 aromatic carbocycles. The average Bonchev–Trinajstić information content (AvgIpc) is 2.65. The van der Waals surface area contributed by atoms with Gasteiger partial charge >= 0.3 is 6.03 Å². The molecule has 0 saturated carbocycles. The van der Waals surface area contributed by atoms with Gasteiger partial charge in [0.05, 0.1) is 6.04 Å². The molecule has 108 valence electrons. The molecule has 2 N–H and O–H groups in total. The van der Waals surface area contributed by atoms with Crippen LogP contribution in [0.2, 0.25) is 0 Å². The molecule has 0 saturated heterocycles. The lowest BCUT2D eigenvalue weighted by Gasteiger charge is -2.15. The predicted molar refractivity (Wildman–Crippen MR) is 76.1 cm³/mol. The van der Waals surface area contributed by atoms with Crippen LogP contribution in [0.5, 0.6) is 0 Å². The Balaban J connectivity index is 2.24. The minimum absolute atomic E-state index is 0.0630. The van der Waals surface area contributed by atoms with Gasteiger partial charge in [0.15, 0.2) is 0 Å². The van der Waals surface area contributed by atoms with Crippen LogP contribution < -0.4 is 10.6 Å². The zero-order valence-corrected chi connectivity index (χ0v) is 12.1. The van der Waals surface area contributed by atoms with Gasteiger partial charge in [0.2, 0.25) is 0 Å². The van der Waals surface area contributed by atoms with Crippen LogP contribution in [0.15, 0.2) is 22.6 Å². The number of fused-ring (bicyclic) bond motifs is 1. The summed E-state index contributed by atoms with van der Waals surface area (Å²) in [6.45, 7) is 7.47. The molecule has 0 aliphatic carbocycles. The van der Waals surface area contributed by atoms with Gasteiger partial charge in [-0.2, -0.15) is 0 Å². The Morgan fingerprint density at radius 2 is 1.95 bits per heavy atom. The molecule has 0 aliphatic rings. The summed E-state index contributed by atoms with van der Waals surface area (Å²) in [7, 11) is 0. The standard InChI is InChI=1S/C15H19FN2O2/c1-8(2)17-15(19)18-10(4)14-9(3)12-7-11(16)5-6-13(12)20-14/h5-8,10H,1-4H3,(H2,17,18,19). The summed E-state index contributed by atoms with van der Waals surface area (Å²) < 4.78 is 19.0. The molecule has 1 unspecified atom stereocenters. The topological polar surface area (TPSA) is 54.3 Å². The second-order valence-corrected chi connectivity index (χ2v) is 5.23. The SMILES string of the molecule is Cc1c(C(C)NC(=O)NC(C)C)oc2ccc(F)cc12. The van der Waals surface area contributed by atoms with Crippen molar-refractivity contribution in [2.75, 3.05) is 0 Å². The number of carbonyl (C=O) groups excluding carboxylic acids is 1. The Morgan fingerprint density at radius 3 is 2.60 bits per heavy atom. The molecule has 1 heterocycles. The van der Waals surface area contributed by atoms with Gasteiger partial charge in [-0.3, -0.25) is 0 Å². The van der Waals surface area contributed by atoms with E-state index in [1.165, 1.54) is 12.1 Å². The number of furan rings is 1. The Labute approximate surface area is 117 Å². The predicted octanol–water partition coefficient (Wildman–Crippen LogP) is 3.65. The molecule has 4 nitrogen and oxygen atoms in total. The number of hydrogen-bond donors (Lipinski definition) is 2. The number of amides is 2. The fourth-order valence-electron chi connectivity index (χ4n) is 2.19. The molecule has 0 spiro atoms. The summed E-state index contributed by atoms with van der Waals surface area (Å²) in [6.07, 6.45) is 0. The van der Waals surface area contributed by atoms with Crippen LogP contribution in [-0.4, -0.2) is 12.1 Å². The minimum atomic E-state index is -0.300. The normalized spacial score (nSPS) is 12.7. The first-order valence-corrected chi connectivity index (χ1v) is 6.64. The molecule has 2 aromatic rings. The first-order valence-electron chi connectivity index (χ1n) is 6.64. The van der Waals surface area contributed by atoms with Crippen molar-refractivity contribution >= 4 is 17.0 Å². The lowest BCUT2D eigenvalue weighted by molar-refractivity contribution is 0.234. The maximum absolute atomic E-state index is 13.3. The number of hydrogen-bond acceptors (Lipinski definition) is 2. The van der Waals surface area contributed by atoms with Crippen LogP contribution in [-0.2, 0) is 0 Å². The van der Waals surface area contributed by atoms with Crippen molar-refractivity contribution in [3.05, 3.63) is 35.3 Å². The Bertz CT molecular complexity index is 634. The van der Waals surface area contributed by atoms with Gasteiger partial charge in [-0.15, -0.1) is 0 Å². The number of aryl methyl sites for hydroxylation is 1. The Hall–Kier alpha value is -2.04. The Morgan fingerprint density at radius 1 is 1.25 bits per heavy atom. The fraction of sp³-hybridized carbons (Fsp3) is 0.400. The number of halogens is 1. The van der Waals surface area contributed by atoms with E-state index < -0.39 is 0 Å². The van der Waals surface area contributed by atoms with Crippen molar-refractivity contribution in [1.82, 2.24) is 10.6 Å². The van der Waals surface area contributed by atoms with Crippen molar-refractivity contribution < 1.29 is 13.6 Å². The highest BCUT2D eigenvalue weighted by atomic mass is 19.1. The lowest BCUT2D eigenvalue weighted by Crippen LogP contribution is -2.40. The van der Waals surface area contributed by atoms with Crippen LogP contribution in [0.3, 0.4) is 0 Å². The summed E-state index contributed by atoms with van der Waals surface area (Å²) in [5.74, 6) is 0.343. The third-order valence-corrected chi connectivity index (χ3v) is 3.10. The summed E-state index contributed by atoms with van der Waals surface area (Å²) in [5, 5.41) is 6.29. The minimum Gasteiger partial charge on any atom is -0.459 e. The Kier molecular flexibility index (Phi) is 3.97. The average molecular weight is 278 g/mol. The molecule has 2 rings (SSSR count). The van der Waals surface area contributed by atoms with E-state index in [4.69, 9.17) is 4.42 Å². The molecule has 5 heteroatoms. The van der Waals surface area contributed by atoms with Gasteiger partial charge in [-0.1, -0.05) is 0 Å². The lowest BCUT2D eigenvalue weighted by atomic mass is 10.1. The van der Waals surface area contributed by atoms with E-state index in [0.29, 0.717) is 11.3 Å². The van der Waals surface area contributed by atoms with E-state index >= 15 is 0 Å². The molecular formula is C15H19FN2O2. The zero-order valence-electron chi connectivity index (χ0n) is 12.1. The number of urea groups is 1. The smallest absolute Gasteiger partial charge is 0.315 e. The molecule has 20 heavy (non-hydrogen) atoms. The molecule has 0 bridgehead atoms. The number of benzene rings is 1. The van der Waals surface area contributed by atoms with Crippen molar-refractivity contribution in [2.24, 2.45) is 0 Å². The first-order chi connectivity index (χ1) is 9.38. The molecular weight excluding hydrogens is 259 g/mol. The summed E-state index contributed by atoms with van der Waals surface area (Å²) in [5.41, 5.74) is 1.47. The van der Waals surface area contributed by atoms with E-state index in [1.807, 2.05) is 27.7 Å². The highest BCUT2D eigenvalue weighted by molar-refractivity contribution is 5.82. The second kappa shape index (κ2) is 5.53. The zero-order chi connectivity index (χ0) is 14.9. The van der Waals surface area contributed by atoms with Crippen LogP contribution in [0.4, 0.5) is 9.18 Å². The second-order valence-electron chi connectivity index (χ2n) is 5.23. The first kappa shape index (κ1) is 14.4. The van der Waals surface area contributed by atoms with E-state index in [-0.39, 0.29) is 23.9 Å². The van der Waals surface area contributed by atoms with Crippen molar-refractivity contribution in [3.63, 3.8) is 0 Å². The maximum atomic E-state index is 13.3. The molecule has 0 fully saturated rings. The monoisotopic (exact) mass is 278 g/mol. The van der Waals surface area contributed by atoms with Gasteiger partial charge < -0.3 is 15.1 Å². The fourth-order valence-corrected chi connectivity index (χ4v) is 2.19. The largest absolute Gasteiger partial charge is 0.459 e. The van der Waals surface area contributed by atoms with Crippen LogP contribution >= 0.6 is 0 Å². The van der Waals surface area contributed by atoms with E-state index in [9.17, 15) is 9.18 Å². The van der Waals surface area contributed by atoms with Crippen molar-refractivity contribution in [1.29, 1.82) is 0 Å². The van der Waals surface area contributed by atoms with Gasteiger partial charge in [-0.05, 0) is 45.9 Å². The summed E-state index contributed by atoms with van der Waals surface area (Å²) in [4.78, 5) is 11.7. The van der Waals surface area contributed by atoms with Crippen LogP contribution in [0.1, 0.15) is 38.1 Å². The highest BCUT2D eigenvalue weighted by Crippen LogP contribution is 2.29. The van der Waals surface area contributed by atoms with E-state index in [0.717, 1.165) is 10.9 Å². The summed E-state index contributed by atoms with van der Waals surface area (Å²) in [6, 6.07) is 3.93. The van der Waals surface area contributed by atoms with Gasteiger partial charge in [0.1, 0.15) is 17.2 Å². The number of rotatable bonds is 3. The molecule has 0 radical (unpaired) electrons. The van der Waals surface area contributed by atoms with Crippen LogP contribution in [0.25, 0.3) is 11.0 Å². The molecule has 2 amide bonds. The van der Waals surface area contributed by atoms with E-state index in [2.05, 4.69) is 10.6 Å². The van der Waals surface area contributed by atoms with Gasteiger partial charge in [0.25, 0.3) is 0 Å². The summed E-state index contributed by atoms with van der Waals surface area (Å²) >= 11 is 0. The third kappa shape index (κ3) is 2.92. The highest BCUT2D eigenvalue weighted by Gasteiger charge is 2.18. The molecule has 1 atom stereocenters. The van der Waals surface area contributed by atoms with Crippen molar-refractivity contribution in [3.8, 4) is 0 Å². The number of nitrogens with one attached hydrogen (secondary N) is 2. The van der Waals surface area contributed by atoms with Gasteiger partial charge in [0, 0.05) is 17.0 Å². The van der Waals surface area contributed by atoms with E-state index in [1.54, 1.807) is 6.07 Å². The van der Waals surface area contributed by atoms with Crippen molar-refractivity contribution in [2.45, 2.75) is 39.8 Å². The molecule has 0 aliphatic heterocycles. The number of carbonyl (C=O) groups is 1.